The van der Waals surface area contributed by atoms with Crippen LogP contribution in [0.15, 0.2) is 11.8 Å². The van der Waals surface area contributed by atoms with Gasteiger partial charge >= 0.3 is 6.03 Å². The number of hydrogen-bond acceptors (Lipinski definition) is 2. The molecule has 2 amide bonds. The molecule has 4 nitrogen and oxygen atoms in total. The molecule has 0 aromatic heterocycles. The van der Waals surface area contributed by atoms with Gasteiger partial charge in [0.25, 0.3) is 0 Å². The number of amides is 2. The molecule has 0 aromatic rings. The van der Waals surface area contributed by atoms with Crippen LogP contribution < -0.4 is 16.0 Å². The number of carbonyl (C=O) groups excluding carboxylic acids is 1. The molecule has 3 N–H and O–H groups in total. The first-order valence-corrected chi connectivity index (χ1v) is 4.85. The molecule has 3 heterocycles. The van der Waals surface area contributed by atoms with E-state index in [0.717, 1.165) is 12.2 Å². The standard InChI is InChI=1S/C9H13N3O/c13-9-10-4-6-7-2-1-5(11-7)3-8(6)12-9/h3,5-7,11H,1-2,4H2,(H2,10,12,13). The van der Waals surface area contributed by atoms with Crippen molar-refractivity contribution in [3.63, 3.8) is 0 Å². The van der Waals surface area contributed by atoms with Gasteiger partial charge in [-0.1, -0.05) is 0 Å². The van der Waals surface area contributed by atoms with Crippen molar-refractivity contribution in [2.45, 2.75) is 24.9 Å². The molecule has 4 heteroatoms. The molecule has 13 heavy (non-hydrogen) atoms. The molecule has 0 spiro atoms. The molecule has 0 saturated carbocycles. The molecule has 3 aliphatic rings. The highest BCUT2D eigenvalue weighted by atomic mass is 16.2. The van der Waals surface area contributed by atoms with Gasteiger partial charge in [0.15, 0.2) is 0 Å². The molecule has 0 aromatic carbocycles. The summed E-state index contributed by atoms with van der Waals surface area (Å²) >= 11 is 0. The zero-order valence-corrected chi connectivity index (χ0v) is 7.34. The number of hydrogen-bond donors (Lipinski definition) is 3. The molecule has 3 unspecified atom stereocenters. The Morgan fingerprint density at radius 3 is 3.23 bits per heavy atom. The van der Waals surface area contributed by atoms with Gasteiger partial charge in [-0.15, -0.1) is 0 Å². The van der Waals surface area contributed by atoms with Crippen molar-refractivity contribution in [1.82, 2.24) is 16.0 Å². The van der Waals surface area contributed by atoms with Crippen molar-refractivity contribution in [2.24, 2.45) is 5.92 Å². The Kier molecular flexibility index (Phi) is 1.41. The molecule has 3 rings (SSSR count). The molecular formula is C9H13N3O. The molecule has 3 aliphatic heterocycles. The van der Waals surface area contributed by atoms with Gasteiger partial charge in [-0.2, -0.15) is 0 Å². The Balaban J connectivity index is 1.92. The van der Waals surface area contributed by atoms with Gasteiger partial charge in [0, 0.05) is 30.2 Å². The third-order valence-corrected chi connectivity index (χ3v) is 3.22. The predicted octanol–water partition coefficient (Wildman–Crippen LogP) is -0.0665. The SMILES string of the molecule is O=C1NCC2C(=CC3CCC2N3)N1. The van der Waals surface area contributed by atoms with Crippen molar-refractivity contribution >= 4 is 6.03 Å². The second kappa shape index (κ2) is 2.48. The lowest BCUT2D eigenvalue weighted by Crippen LogP contribution is -2.54. The van der Waals surface area contributed by atoms with Crippen LogP contribution in [0.25, 0.3) is 0 Å². The van der Waals surface area contributed by atoms with E-state index < -0.39 is 0 Å². The molecule has 0 radical (unpaired) electrons. The smallest absolute Gasteiger partial charge is 0.319 e. The minimum atomic E-state index is -0.0520. The lowest BCUT2D eigenvalue weighted by molar-refractivity contribution is 0.230. The summed E-state index contributed by atoms with van der Waals surface area (Å²) in [5.74, 6) is 0.469. The van der Waals surface area contributed by atoms with E-state index >= 15 is 0 Å². The quantitative estimate of drug-likeness (QED) is 0.487. The van der Waals surface area contributed by atoms with Crippen molar-refractivity contribution in [1.29, 1.82) is 0 Å². The fourth-order valence-corrected chi connectivity index (χ4v) is 2.57. The first-order valence-electron chi connectivity index (χ1n) is 4.85. The van der Waals surface area contributed by atoms with Crippen molar-refractivity contribution in [2.75, 3.05) is 6.54 Å². The zero-order chi connectivity index (χ0) is 8.84. The van der Waals surface area contributed by atoms with Crippen molar-refractivity contribution in [3.8, 4) is 0 Å². The lowest BCUT2D eigenvalue weighted by atomic mass is 9.92. The lowest BCUT2D eigenvalue weighted by Gasteiger charge is -2.34. The molecule has 2 bridgehead atoms. The van der Waals surface area contributed by atoms with Crippen LogP contribution in [-0.4, -0.2) is 24.7 Å². The van der Waals surface area contributed by atoms with Crippen LogP contribution in [0, 0.1) is 5.92 Å². The summed E-state index contributed by atoms with van der Waals surface area (Å²) in [5.41, 5.74) is 1.13. The third-order valence-electron chi connectivity index (χ3n) is 3.22. The maximum atomic E-state index is 11.1. The average molecular weight is 179 g/mol. The third kappa shape index (κ3) is 1.05. The summed E-state index contributed by atoms with van der Waals surface area (Å²) in [7, 11) is 0. The van der Waals surface area contributed by atoms with Crippen LogP contribution in [0.5, 0.6) is 0 Å². The number of nitrogens with one attached hydrogen (secondary N) is 3. The second-order valence-corrected chi connectivity index (χ2v) is 4.02. The Labute approximate surface area is 76.8 Å². The average Bonchev–Trinajstić information content (AvgIpc) is 2.48. The van der Waals surface area contributed by atoms with E-state index in [9.17, 15) is 4.79 Å². The first kappa shape index (κ1) is 7.38. The number of fused-ring (bicyclic) bond motifs is 4. The van der Waals surface area contributed by atoms with Gasteiger partial charge in [-0.25, -0.2) is 4.79 Å². The summed E-state index contributed by atoms with van der Waals surface area (Å²) in [6, 6.07) is 1.01. The summed E-state index contributed by atoms with van der Waals surface area (Å²) in [6.07, 6.45) is 4.61. The van der Waals surface area contributed by atoms with E-state index in [1.807, 2.05) is 0 Å². The van der Waals surface area contributed by atoms with Crippen LogP contribution in [-0.2, 0) is 0 Å². The number of carbonyl (C=O) groups is 1. The highest BCUT2D eigenvalue weighted by Crippen LogP contribution is 2.30. The summed E-state index contributed by atoms with van der Waals surface area (Å²) in [4.78, 5) is 11.1. The van der Waals surface area contributed by atoms with Gasteiger partial charge in [0.1, 0.15) is 0 Å². The van der Waals surface area contributed by atoms with Crippen LogP contribution in [0.4, 0.5) is 4.79 Å². The van der Waals surface area contributed by atoms with Gasteiger partial charge in [0.2, 0.25) is 0 Å². The Morgan fingerprint density at radius 1 is 1.38 bits per heavy atom. The van der Waals surface area contributed by atoms with E-state index in [-0.39, 0.29) is 6.03 Å². The van der Waals surface area contributed by atoms with Crippen LogP contribution in [0.3, 0.4) is 0 Å². The van der Waals surface area contributed by atoms with E-state index in [4.69, 9.17) is 0 Å². The van der Waals surface area contributed by atoms with Crippen LogP contribution in [0.1, 0.15) is 12.8 Å². The van der Waals surface area contributed by atoms with Crippen molar-refractivity contribution < 1.29 is 4.79 Å². The second-order valence-electron chi connectivity index (χ2n) is 4.02. The maximum absolute atomic E-state index is 11.1. The fourth-order valence-electron chi connectivity index (χ4n) is 2.57. The molecular weight excluding hydrogens is 166 g/mol. The fraction of sp³-hybridized carbons (Fsp3) is 0.667. The highest BCUT2D eigenvalue weighted by molar-refractivity contribution is 5.77. The normalized spacial score (nSPS) is 41.7. The number of rotatable bonds is 0. The predicted molar refractivity (Wildman–Crippen MR) is 48.1 cm³/mol. The first-order chi connectivity index (χ1) is 6.33. The van der Waals surface area contributed by atoms with Crippen LogP contribution >= 0.6 is 0 Å². The van der Waals surface area contributed by atoms with Crippen LogP contribution in [0.2, 0.25) is 0 Å². The summed E-state index contributed by atoms with van der Waals surface area (Å²) in [6.45, 7) is 0.780. The summed E-state index contributed by atoms with van der Waals surface area (Å²) < 4.78 is 0. The van der Waals surface area contributed by atoms with Gasteiger partial charge < -0.3 is 16.0 Å². The highest BCUT2D eigenvalue weighted by Gasteiger charge is 2.38. The number of urea groups is 1. The monoisotopic (exact) mass is 179 g/mol. The Morgan fingerprint density at radius 2 is 2.31 bits per heavy atom. The topological polar surface area (TPSA) is 53.2 Å². The minimum Gasteiger partial charge on any atom is -0.337 e. The summed E-state index contributed by atoms with van der Waals surface area (Å²) in [5, 5.41) is 9.26. The van der Waals surface area contributed by atoms with Gasteiger partial charge in [0.05, 0.1) is 0 Å². The zero-order valence-electron chi connectivity index (χ0n) is 7.34. The molecule has 2 fully saturated rings. The van der Waals surface area contributed by atoms with E-state index in [1.54, 1.807) is 0 Å². The van der Waals surface area contributed by atoms with Gasteiger partial charge in [-0.3, -0.25) is 0 Å². The Bertz CT molecular complexity index is 287. The molecule has 70 valence electrons. The Hall–Kier alpha value is -1.03. The minimum absolute atomic E-state index is 0.0520. The van der Waals surface area contributed by atoms with E-state index in [2.05, 4.69) is 22.0 Å². The van der Waals surface area contributed by atoms with E-state index in [1.165, 1.54) is 12.8 Å². The molecule has 3 atom stereocenters. The van der Waals surface area contributed by atoms with Gasteiger partial charge in [-0.05, 0) is 18.9 Å². The largest absolute Gasteiger partial charge is 0.337 e. The van der Waals surface area contributed by atoms with E-state index in [0.29, 0.717) is 18.0 Å². The van der Waals surface area contributed by atoms with Crippen molar-refractivity contribution in [3.05, 3.63) is 11.8 Å². The molecule has 0 aliphatic carbocycles. The molecule has 2 saturated heterocycles. The maximum Gasteiger partial charge on any atom is 0.319 e.